The number of amides is 1. The molecule has 1 atom stereocenters. The van der Waals surface area contributed by atoms with E-state index in [1.54, 1.807) is 11.3 Å². The van der Waals surface area contributed by atoms with Crippen molar-refractivity contribution >= 4 is 17.2 Å². The van der Waals surface area contributed by atoms with E-state index < -0.39 is 0 Å². The number of rotatable bonds is 5. The molecule has 0 saturated carbocycles. The van der Waals surface area contributed by atoms with Gasteiger partial charge in [-0.15, -0.1) is 11.3 Å². The van der Waals surface area contributed by atoms with Gasteiger partial charge in [0.2, 0.25) is 0 Å². The summed E-state index contributed by atoms with van der Waals surface area (Å²) in [5.41, 5.74) is 1.82. The van der Waals surface area contributed by atoms with Crippen molar-refractivity contribution in [1.82, 2.24) is 10.2 Å². The maximum absolute atomic E-state index is 12.4. The summed E-state index contributed by atoms with van der Waals surface area (Å²) in [6.07, 6.45) is 0. The Balaban J connectivity index is 1.67. The van der Waals surface area contributed by atoms with Crippen LogP contribution < -0.4 is 5.32 Å². The second-order valence-electron chi connectivity index (χ2n) is 5.76. The highest BCUT2D eigenvalue weighted by Crippen LogP contribution is 2.25. The lowest BCUT2D eigenvalue weighted by molar-refractivity contribution is 0.0169. The smallest absolute Gasteiger partial charge is 0.251 e. The molecule has 0 unspecified atom stereocenters. The van der Waals surface area contributed by atoms with Crippen LogP contribution in [-0.2, 0) is 4.74 Å². The van der Waals surface area contributed by atoms with Crippen LogP contribution >= 0.6 is 11.3 Å². The fourth-order valence-electron chi connectivity index (χ4n) is 2.86. The molecule has 5 heteroatoms. The third-order valence-corrected chi connectivity index (χ3v) is 5.07. The molecule has 1 aromatic heterocycles. The molecule has 122 valence electrons. The molecular weight excluding hydrogens is 308 g/mol. The standard InChI is InChI=1S/C18H22N2O2S/c1-14-4-2-5-15(12-14)18(21)19-13-16(17-6-3-11-23-17)20-7-9-22-10-8-20/h2-6,11-12,16H,7-10,13H2,1H3,(H,19,21)/t16-/m1/s1. The number of aryl methyl sites for hydroxylation is 1. The van der Waals surface area contributed by atoms with Crippen LogP contribution in [0.5, 0.6) is 0 Å². The Hall–Kier alpha value is -1.69. The van der Waals surface area contributed by atoms with E-state index in [9.17, 15) is 4.79 Å². The molecule has 2 aromatic rings. The van der Waals surface area contributed by atoms with E-state index in [1.165, 1.54) is 4.88 Å². The van der Waals surface area contributed by atoms with Crippen LogP contribution in [0.2, 0.25) is 0 Å². The van der Waals surface area contributed by atoms with E-state index in [1.807, 2.05) is 31.2 Å². The number of benzene rings is 1. The maximum atomic E-state index is 12.4. The quantitative estimate of drug-likeness (QED) is 0.916. The third-order valence-electron chi connectivity index (χ3n) is 4.09. The van der Waals surface area contributed by atoms with Gasteiger partial charge in [-0.2, -0.15) is 0 Å². The summed E-state index contributed by atoms with van der Waals surface area (Å²) in [4.78, 5) is 16.1. The van der Waals surface area contributed by atoms with Gasteiger partial charge in [0.25, 0.3) is 5.91 Å². The predicted molar refractivity (Wildman–Crippen MR) is 93.0 cm³/mol. The minimum atomic E-state index is -0.0106. The van der Waals surface area contributed by atoms with E-state index in [-0.39, 0.29) is 11.9 Å². The van der Waals surface area contributed by atoms with Gasteiger partial charge in [-0.1, -0.05) is 23.8 Å². The molecule has 23 heavy (non-hydrogen) atoms. The number of thiophene rings is 1. The first-order valence-electron chi connectivity index (χ1n) is 7.94. The van der Waals surface area contributed by atoms with Crippen molar-refractivity contribution in [2.45, 2.75) is 13.0 Å². The molecule has 1 aromatic carbocycles. The van der Waals surface area contributed by atoms with Crippen LogP contribution in [0.25, 0.3) is 0 Å². The molecule has 4 nitrogen and oxygen atoms in total. The topological polar surface area (TPSA) is 41.6 Å². The molecule has 3 rings (SSSR count). The third kappa shape index (κ3) is 4.19. The second kappa shape index (κ2) is 7.73. The lowest BCUT2D eigenvalue weighted by Crippen LogP contribution is -2.43. The fourth-order valence-corrected chi connectivity index (χ4v) is 3.72. The van der Waals surface area contributed by atoms with Gasteiger partial charge in [-0.25, -0.2) is 0 Å². The lowest BCUT2D eigenvalue weighted by atomic mass is 10.1. The average Bonchev–Trinajstić information content (AvgIpc) is 3.10. The van der Waals surface area contributed by atoms with Crippen LogP contribution in [0.15, 0.2) is 41.8 Å². The first kappa shape index (κ1) is 16.2. The Bertz CT molecular complexity index is 636. The normalized spacial score (nSPS) is 16.9. The first-order chi connectivity index (χ1) is 11.2. The summed E-state index contributed by atoms with van der Waals surface area (Å²) in [5, 5.41) is 5.19. The van der Waals surface area contributed by atoms with Crippen molar-refractivity contribution in [2.75, 3.05) is 32.8 Å². The fraction of sp³-hybridized carbons (Fsp3) is 0.389. The number of morpholine rings is 1. The summed E-state index contributed by atoms with van der Waals surface area (Å²) >= 11 is 1.74. The zero-order chi connectivity index (χ0) is 16.1. The predicted octanol–water partition coefficient (Wildman–Crippen LogP) is 2.86. The average molecular weight is 330 g/mol. The van der Waals surface area contributed by atoms with Gasteiger partial charge >= 0.3 is 0 Å². The molecule has 1 N–H and O–H groups in total. The van der Waals surface area contributed by atoms with Crippen molar-refractivity contribution in [2.24, 2.45) is 0 Å². The van der Waals surface area contributed by atoms with Crippen molar-refractivity contribution < 1.29 is 9.53 Å². The van der Waals surface area contributed by atoms with Crippen molar-refractivity contribution in [1.29, 1.82) is 0 Å². The largest absolute Gasteiger partial charge is 0.379 e. The summed E-state index contributed by atoms with van der Waals surface area (Å²) in [7, 11) is 0. The van der Waals surface area contributed by atoms with Crippen molar-refractivity contribution in [3.8, 4) is 0 Å². The Morgan fingerprint density at radius 1 is 1.30 bits per heavy atom. The molecular formula is C18H22N2O2S. The zero-order valence-corrected chi connectivity index (χ0v) is 14.1. The van der Waals surface area contributed by atoms with Gasteiger partial charge in [0, 0.05) is 30.1 Å². The molecule has 0 spiro atoms. The number of hydrogen-bond acceptors (Lipinski definition) is 4. The Labute approximate surface area is 141 Å². The monoisotopic (exact) mass is 330 g/mol. The van der Waals surface area contributed by atoms with Crippen LogP contribution in [0.1, 0.15) is 26.8 Å². The van der Waals surface area contributed by atoms with Gasteiger partial charge in [0.05, 0.1) is 19.3 Å². The molecule has 1 saturated heterocycles. The Morgan fingerprint density at radius 3 is 2.83 bits per heavy atom. The maximum Gasteiger partial charge on any atom is 0.251 e. The lowest BCUT2D eigenvalue weighted by Gasteiger charge is -2.34. The van der Waals surface area contributed by atoms with Crippen molar-refractivity contribution in [3.05, 3.63) is 57.8 Å². The molecule has 1 aliphatic rings. The van der Waals surface area contributed by atoms with Crippen LogP contribution in [0.4, 0.5) is 0 Å². The molecule has 2 heterocycles. The minimum Gasteiger partial charge on any atom is -0.379 e. The number of ether oxygens (including phenoxy) is 1. The van der Waals surface area contributed by atoms with Crippen LogP contribution in [0, 0.1) is 6.92 Å². The number of carbonyl (C=O) groups excluding carboxylic acids is 1. The van der Waals surface area contributed by atoms with Crippen LogP contribution in [-0.4, -0.2) is 43.7 Å². The highest BCUT2D eigenvalue weighted by molar-refractivity contribution is 7.10. The van der Waals surface area contributed by atoms with E-state index in [4.69, 9.17) is 4.74 Å². The molecule has 0 radical (unpaired) electrons. The van der Waals surface area contributed by atoms with Gasteiger partial charge in [-0.05, 0) is 30.5 Å². The molecule has 0 aliphatic carbocycles. The number of nitrogens with one attached hydrogen (secondary N) is 1. The summed E-state index contributed by atoms with van der Waals surface area (Å²) < 4.78 is 5.45. The van der Waals surface area contributed by atoms with E-state index in [0.717, 1.165) is 37.4 Å². The number of nitrogens with zero attached hydrogens (tertiary/aromatic N) is 1. The molecule has 1 amide bonds. The summed E-state index contributed by atoms with van der Waals surface area (Å²) in [5.74, 6) is -0.0106. The van der Waals surface area contributed by atoms with Gasteiger partial charge in [-0.3, -0.25) is 9.69 Å². The molecule has 0 bridgehead atoms. The summed E-state index contributed by atoms with van der Waals surface area (Å²) in [6.45, 7) is 5.94. The van der Waals surface area contributed by atoms with Gasteiger partial charge < -0.3 is 10.1 Å². The number of hydrogen-bond donors (Lipinski definition) is 1. The minimum absolute atomic E-state index is 0.0106. The number of carbonyl (C=O) groups is 1. The second-order valence-corrected chi connectivity index (χ2v) is 6.74. The SMILES string of the molecule is Cc1cccc(C(=O)NC[C@H](c2cccs2)N2CCOCC2)c1. The summed E-state index contributed by atoms with van der Waals surface area (Å²) in [6, 6.07) is 12.1. The van der Waals surface area contributed by atoms with Crippen molar-refractivity contribution in [3.63, 3.8) is 0 Å². The van der Waals surface area contributed by atoms with E-state index >= 15 is 0 Å². The van der Waals surface area contributed by atoms with E-state index in [0.29, 0.717) is 6.54 Å². The Kier molecular flexibility index (Phi) is 5.43. The molecule has 1 fully saturated rings. The zero-order valence-electron chi connectivity index (χ0n) is 13.3. The first-order valence-corrected chi connectivity index (χ1v) is 8.82. The highest BCUT2D eigenvalue weighted by atomic mass is 32.1. The van der Waals surface area contributed by atoms with E-state index in [2.05, 4.69) is 27.7 Å². The molecule has 1 aliphatic heterocycles. The van der Waals surface area contributed by atoms with Gasteiger partial charge in [0.1, 0.15) is 0 Å². The highest BCUT2D eigenvalue weighted by Gasteiger charge is 2.24. The van der Waals surface area contributed by atoms with Crippen LogP contribution in [0.3, 0.4) is 0 Å². The van der Waals surface area contributed by atoms with Gasteiger partial charge in [0.15, 0.2) is 0 Å². The Morgan fingerprint density at radius 2 is 2.13 bits per heavy atom.